The van der Waals surface area contributed by atoms with Crippen LogP contribution in [-0.2, 0) is 11.2 Å². The van der Waals surface area contributed by atoms with Gasteiger partial charge in [-0.2, -0.15) is 0 Å². The summed E-state index contributed by atoms with van der Waals surface area (Å²) in [4.78, 5) is 17.1. The Morgan fingerprint density at radius 3 is 2.50 bits per heavy atom. The lowest BCUT2D eigenvalue weighted by Gasteiger charge is -2.37. The van der Waals surface area contributed by atoms with Crippen LogP contribution in [0.5, 0.6) is 0 Å². The Balaban J connectivity index is 1.24. The molecule has 1 aromatic carbocycles. The first-order valence-electron chi connectivity index (χ1n) is 12.2. The summed E-state index contributed by atoms with van der Waals surface area (Å²) in [5.74, 6) is 1.96. The van der Waals surface area contributed by atoms with Crippen molar-refractivity contribution in [3.8, 4) is 11.4 Å². The van der Waals surface area contributed by atoms with E-state index in [-0.39, 0.29) is 0 Å². The molecule has 4 heterocycles. The van der Waals surface area contributed by atoms with Crippen LogP contribution < -0.4 is 15.1 Å². The molecule has 7 nitrogen and oxygen atoms in total. The number of fused-ring (bicyclic) bond motifs is 1. The van der Waals surface area contributed by atoms with Crippen LogP contribution in [0, 0.1) is 0 Å². The van der Waals surface area contributed by atoms with E-state index in [1.54, 1.807) is 0 Å². The van der Waals surface area contributed by atoms with E-state index in [2.05, 4.69) is 58.1 Å². The van der Waals surface area contributed by atoms with Crippen LogP contribution in [0.4, 0.5) is 11.5 Å². The zero-order chi connectivity index (χ0) is 21.9. The van der Waals surface area contributed by atoms with Crippen molar-refractivity contribution in [2.24, 2.45) is 0 Å². The van der Waals surface area contributed by atoms with Crippen molar-refractivity contribution in [1.29, 1.82) is 0 Å². The maximum absolute atomic E-state index is 5.46. The van der Waals surface area contributed by atoms with Gasteiger partial charge >= 0.3 is 0 Å². The van der Waals surface area contributed by atoms with Crippen LogP contribution in [0.2, 0.25) is 0 Å². The molecule has 0 bridgehead atoms. The lowest BCUT2D eigenvalue weighted by Crippen LogP contribution is -2.54. The molecule has 3 aliphatic rings. The molecule has 2 saturated heterocycles. The van der Waals surface area contributed by atoms with Gasteiger partial charge < -0.3 is 19.9 Å². The van der Waals surface area contributed by atoms with Gasteiger partial charge in [0.05, 0.1) is 13.2 Å². The highest BCUT2D eigenvalue weighted by Gasteiger charge is 2.23. The van der Waals surface area contributed by atoms with Gasteiger partial charge in [0, 0.05) is 80.9 Å². The summed E-state index contributed by atoms with van der Waals surface area (Å²) in [6, 6.07) is 9.80. The fourth-order valence-electron chi connectivity index (χ4n) is 5.23. The first-order chi connectivity index (χ1) is 15.7. The molecule has 2 fully saturated rings. The summed E-state index contributed by atoms with van der Waals surface area (Å²) in [5.41, 5.74) is 3.65. The molecule has 5 rings (SSSR count). The second-order valence-corrected chi connectivity index (χ2v) is 9.51. The van der Waals surface area contributed by atoms with E-state index in [4.69, 9.17) is 14.7 Å². The molecule has 3 aliphatic heterocycles. The number of ether oxygens (including phenoxy) is 1. The molecule has 0 radical (unpaired) electrons. The van der Waals surface area contributed by atoms with Gasteiger partial charge in [0.2, 0.25) is 0 Å². The van der Waals surface area contributed by atoms with Crippen molar-refractivity contribution in [2.75, 3.05) is 68.8 Å². The van der Waals surface area contributed by atoms with Crippen molar-refractivity contribution < 1.29 is 4.74 Å². The molecule has 0 aliphatic carbocycles. The topological polar surface area (TPSA) is 56.8 Å². The Bertz CT molecular complexity index is 888. The Kier molecular flexibility index (Phi) is 6.57. The van der Waals surface area contributed by atoms with Crippen LogP contribution in [0.25, 0.3) is 11.4 Å². The Labute approximate surface area is 191 Å². The van der Waals surface area contributed by atoms with Gasteiger partial charge in [0.25, 0.3) is 0 Å². The third-order valence-corrected chi connectivity index (χ3v) is 6.85. The zero-order valence-corrected chi connectivity index (χ0v) is 19.5. The molecule has 0 saturated carbocycles. The Hall–Kier alpha value is -2.22. The number of anilines is 2. The number of nitrogens with one attached hydrogen (secondary N) is 1. The van der Waals surface area contributed by atoms with E-state index in [0.717, 1.165) is 89.1 Å². The number of hydrogen-bond donors (Lipinski definition) is 1. The van der Waals surface area contributed by atoms with Gasteiger partial charge in [-0.3, -0.25) is 4.90 Å². The van der Waals surface area contributed by atoms with Gasteiger partial charge in [-0.25, -0.2) is 9.97 Å². The molecule has 0 unspecified atom stereocenters. The van der Waals surface area contributed by atoms with Crippen molar-refractivity contribution in [2.45, 2.75) is 38.8 Å². The maximum Gasteiger partial charge on any atom is 0.161 e. The third kappa shape index (κ3) is 4.90. The van der Waals surface area contributed by atoms with Gasteiger partial charge in [-0.05, 0) is 51.0 Å². The standard InChI is InChI=1S/C25H36N6O/c1-19-17-31(18-20(2)27-19)23-6-4-21(5-7-23)24-26-16-22-8-11-30(25(22)28-24)10-3-9-29-12-14-32-15-13-29/h4-7,16,19-20,27H,3,8-15,17-18H2,1-2H3/t19-,20+. The molecule has 0 amide bonds. The smallest absolute Gasteiger partial charge is 0.161 e. The molecular formula is C25H36N6O. The zero-order valence-electron chi connectivity index (χ0n) is 19.5. The number of benzene rings is 1. The number of rotatable bonds is 6. The average Bonchev–Trinajstić information content (AvgIpc) is 3.21. The lowest BCUT2D eigenvalue weighted by atomic mass is 10.1. The first-order valence-corrected chi connectivity index (χ1v) is 12.2. The minimum atomic E-state index is 0.507. The molecule has 172 valence electrons. The van der Waals surface area contributed by atoms with Crippen LogP contribution in [-0.4, -0.2) is 86.0 Å². The summed E-state index contributed by atoms with van der Waals surface area (Å²) in [6.07, 6.45) is 4.24. The molecule has 1 N–H and O–H groups in total. The second-order valence-electron chi connectivity index (χ2n) is 9.51. The van der Waals surface area contributed by atoms with E-state index in [1.807, 2.05) is 6.20 Å². The van der Waals surface area contributed by atoms with Gasteiger partial charge in [-0.15, -0.1) is 0 Å². The van der Waals surface area contributed by atoms with Crippen LogP contribution >= 0.6 is 0 Å². The minimum absolute atomic E-state index is 0.507. The van der Waals surface area contributed by atoms with Crippen molar-refractivity contribution in [1.82, 2.24) is 20.2 Å². The lowest BCUT2D eigenvalue weighted by molar-refractivity contribution is 0.0376. The molecule has 32 heavy (non-hydrogen) atoms. The number of nitrogens with zero attached hydrogens (tertiary/aromatic N) is 5. The Morgan fingerprint density at radius 1 is 1.00 bits per heavy atom. The van der Waals surface area contributed by atoms with Crippen molar-refractivity contribution in [3.63, 3.8) is 0 Å². The van der Waals surface area contributed by atoms with Crippen LogP contribution in [0.15, 0.2) is 30.5 Å². The summed E-state index contributed by atoms with van der Waals surface area (Å²) < 4.78 is 5.46. The van der Waals surface area contributed by atoms with Crippen LogP contribution in [0.1, 0.15) is 25.8 Å². The quantitative estimate of drug-likeness (QED) is 0.746. The van der Waals surface area contributed by atoms with Crippen molar-refractivity contribution in [3.05, 3.63) is 36.0 Å². The monoisotopic (exact) mass is 436 g/mol. The van der Waals surface area contributed by atoms with Gasteiger partial charge in [-0.1, -0.05) is 0 Å². The molecule has 0 spiro atoms. The van der Waals surface area contributed by atoms with E-state index in [0.29, 0.717) is 12.1 Å². The molecule has 2 atom stereocenters. The van der Waals surface area contributed by atoms with E-state index >= 15 is 0 Å². The fraction of sp³-hybridized carbons (Fsp3) is 0.600. The first kappa shape index (κ1) is 21.6. The highest BCUT2D eigenvalue weighted by Crippen LogP contribution is 2.29. The molecule has 2 aromatic rings. The molecule has 1 aromatic heterocycles. The fourth-order valence-corrected chi connectivity index (χ4v) is 5.23. The minimum Gasteiger partial charge on any atom is -0.379 e. The van der Waals surface area contributed by atoms with Crippen molar-refractivity contribution >= 4 is 11.5 Å². The maximum atomic E-state index is 5.46. The number of piperazine rings is 1. The second kappa shape index (κ2) is 9.73. The normalized spacial score (nSPS) is 24.1. The highest BCUT2D eigenvalue weighted by atomic mass is 16.5. The molecule has 7 heteroatoms. The number of hydrogen-bond acceptors (Lipinski definition) is 7. The Morgan fingerprint density at radius 2 is 1.75 bits per heavy atom. The van der Waals surface area contributed by atoms with E-state index in [9.17, 15) is 0 Å². The average molecular weight is 437 g/mol. The van der Waals surface area contributed by atoms with E-state index in [1.165, 1.54) is 11.3 Å². The third-order valence-electron chi connectivity index (χ3n) is 6.85. The van der Waals surface area contributed by atoms with Gasteiger partial charge in [0.15, 0.2) is 5.82 Å². The van der Waals surface area contributed by atoms with Gasteiger partial charge in [0.1, 0.15) is 5.82 Å². The van der Waals surface area contributed by atoms with E-state index < -0.39 is 0 Å². The summed E-state index contributed by atoms with van der Waals surface area (Å²) in [5, 5.41) is 3.60. The summed E-state index contributed by atoms with van der Waals surface area (Å²) >= 11 is 0. The summed E-state index contributed by atoms with van der Waals surface area (Å²) in [7, 11) is 0. The van der Waals surface area contributed by atoms with Crippen LogP contribution in [0.3, 0.4) is 0 Å². The number of morpholine rings is 1. The highest BCUT2D eigenvalue weighted by molar-refractivity contribution is 5.64. The number of aromatic nitrogens is 2. The molecular weight excluding hydrogens is 400 g/mol. The SMILES string of the molecule is C[C@@H]1CN(c2ccc(-c3ncc4c(n3)N(CCCN3CCOCC3)CC4)cc2)C[C@H](C)N1. The predicted octanol–water partition coefficient (Wildman–Crippen LogP) is 2.41. The summed E-state index contributed by atoms with van der Waals surface area (Å²) in [6.45, 7) is 13.7. The predicted molar refractivity (Wildman–Crippen MR) is 130 cm³/mol. The largest absolute Gasteiger partial charge is 0.379 e.